The number of halogens is 1. The second-order valence-electron chi connectivity index (χ2n) is 5.35. The van der Waals surface area contributed by atoms with Crippen LogP contribution in [0.2, 0.25) is 0 Å². The van der Waals surface area contributed by atoms with Gasteiger partial charge in [-0.1, -0.05) is 6.92 Å². The van der Waals surface area contributed by atoms with Gasteiger partial charge in [-0.25, -0.2) is 0 Å². The summed E-state index contributed by atoms with van der Waals surface area (Å²) in [7, 11) is -3.25. The van der Waals surface area contributed by atoms with E-state index in [-0.39, 0.29) is 18.4 Å². The second kappa shape index (κ2) is 6.52. The first-order valence-electron chi connectivity index (χ1n) is 6.51. The van der Waals surface area contributed by atoms with E-state index in [1.807, 2.05) is 0 Å². The highest BCUT2D eigenvalue weighted by atomic mass is 35.5. The number of hydrogen-bond acceptors (Lipinski definition) is 3. The lowest BCUT2D eigenvalue weighted by Gasteiger charge is -2.36. The van der Waals surface area contributed by atoms with Gasteiger partial charge in [0.25, 0.3) is 10.2 Å². The predicted molar refractivity (Wildman–Crippen MR) is 74.9 cm³/mol. The first-order valence-corrected chi connectivity index (χ1v) is 7.90. The van der Waals surface area contributed by atoms with Gasteiger partial charge in [0.1, 0.15) is 0 Å². The lowest BCUT2D eigenvalue weighted by atomic mass is 10.0. The molecule has 2 aliphatic heterocycles. The zero-order chi connectivity index (χ0) is 12.5. The minimum absolute atomic E-state index is 0. The van der Waals surface area contributed by atoms with Crippen LogP contribution in [0.5, 0.6) is 0 Å². The van der Waals surface area contributed by atoms with Crippen molar-refractivity contribution in [2.75, 3.05) is 26.2 Å². The van der Waals surface area contributed by atoms with Crippen LogP contribution in [0, 0.1) is 5.92 Å². The Balaban J connectivity index is 0.00000162. The van der Waals surface area contributed by atoms with E-state index in [1.54, 1.807) is 8.61 Å². The Kier molecular flexibility index (Phi) is 5.86. The third-order valence-electron chi connectivity index (χ3n) is 3.82. The van der Waals surface area contributed by atoms with E-state index in [4.69, 9.17) is 5.73 Å². The summed E-state index contributed by atoms with van der Waals surface area (Å²) in [4.78, 5) is 0. The quantitative estimate of drug-likeness (QED) is 0.820. The first-order chi connectivity index (χ1) is 8.00. The Morgan fingerprint density at radius 2 is 1.67 bits per heavy atom. The van der Waals surface area contributed by atoms with Crippen LogP contribution in [-0.2, 0) is 10.2 Å². The van der Waals surface area contributed by atoms with Gasteiger partial charge in [-0.05, 0) is 31.6 Å². The number of nitrogens with two attached hydrogens (primary N) is 1. The molecule has 2 heterocycles. The summed E-state index contributed by atoms with van der Waals surface area (Å²) in [5.41, 5.74) is 5.85. The molecule has 0 amide bonds. The van der Waals surface area contributed by atoms with E-state index in [1.165, 1.54) is 0 Å². The minimum Gasteiger partial charge on any atom is -0.327 e. The molecule has 18 heavy (non-hydrogen) atoms. The zero-order valence-electron chi connectivity index (χ0n) is 10.9. The fourth-order valence-corrected chi connectivity index (χ4v) is 4.30. The maximum Gasteiger partial charge on any atom is 0.282 e. The maximum absolute atomic E-state index is 12.4. The lowest BCUT2D eigenvalue weighted by molar-refractivity contribution is 0.246. The molecule has 0 aromatic rings. The first kappa shape index (κ1) is 16.2. The highest BCUT2D eigenvalue weighted by Crippen LogP contribution is 2.22. The van der Waals surface area contributed by atoms with E-state index in [0.29, 0.717) is 32.1 Å². The van der Waals surface area contributed by atoms with E-state index in [0.717, 1.165) is 25.7 Å². The zero-order valence-corrected chi connectivity index (χ0v) is 12.5. The van der Waals surface area contributed by atoms with E-state index in [2.05, 4.69) is 6.92 Å². The van der Waals surface area contributed by atoms with Crippen LogP contribution in [0.4, 0.5) is 0 Å². The number of nitrogens with zero attached hydrogens (tertiary/aromatic N) is 2. The van der Waals surface area contributed by atoms with Crippen LogP contribution >= 0.6 is 12.4 Å². The average molecular weight is 298 g/mol. The van der Waals surface area contributed by atoms with Gasteiger partial charge in [0.15, 0.2) is 0 Å². The Bertz CT molecular complexity index is 355. The summed E-state index contributed by atoms with van der Waals surface area (Å²) in [6.07, 6.45) is 3.76. The molecular formula is C11H24ClN3O2S. The van der Waals surface area contributed by atoms with E-state index >= 15 is 0 Å². The van der Waals surface area contributed by atoms with Crippen molar-refractivity contribution in [1.82, 2.24) is 8.61 Å². The summed E-state index contributed by atoms with van der Waals surface area (Å²) in [5, 5.41) is 0. The van der Waals surface area contributed by atoms with Gasteiger partial charge in [0.2, 0.25) is 0 Å². The van der Waals surface area contributed by atoms with Gasteiger partial charge in [0, 0.05) is 32.2 Å². The average Bonchev–Trinajstić information content (AvgIpc) is 2.29. The molecule has 0 aromatic carbocycles. The molecule has 0 bridgehead atoms. The van der Waals surface area contributed by atoms with Gasteiger partial charge < -0.3 is 5.73 Å². The third kappa shape index (κ3) is 3.57. The Morgan fingerprint density at radius 1 is 1.06 bits per heavy atom. The van der Waals surface area contributed by atoms with Crippen LogP contribution in [0.25, 0.3) is 0 Å². The van der Waals surface area contributed by atoms with Gasteiger partial charge in [0.05, 0.1) is 0 Å². The predicted octanol–water partition coefficient (Wildman–Crippen LogP) is 0.808. The Labute approximate surface area is 116 Å². The molecule has 2 aliphatic rings. The fourth-order valence-electron chi connectivity index (χ4n) is 2.56. The monoisotopic (exact) mass is 297 g/mol. The second-order valence-corrected chi connectivity index (χ2v) is 7.28. The van der Waals surface area contributed by atoms with Crippen LogP contribution < -0.4 is 5.73 Å². The summed E-state index contributed by atoms with van der Waals surface area (Å²) in [5.74, 6) is 0.644. The summed E-state index contributed by atoms with van der Waals surface area (Å²) < 4.78 is 28.0. The van der Waals surface area contributed by atoms with Crippen molar-refractivity contribution >= 4 is 22.6 Å². The van der Waals surface area contributed by atoms with Crippen molar-refractivity contribution in [3.8, 4) is 0 Å². The van der Waals surface area contributed by atoms with Crippen LogP contribution in [0.3, 0.4) is 0 Å². The molecule has 0 saturated carbocycles. The normalized spacial score (nSPS) is 28.9. The van der Waals surface area contributed by atoms with Crippen LogP contribution in [-0.4, -0.2) is 49.2 Å². The molecule has 5 nitrogen and oxygen atoms in total. The summed E-state index contributed by atoms with van der Waals surface area (Å²) >= 11 is 0. The fraction of sp³-hybridized carbons (Fsp3) is 1.00. The molecule has 0 aliphatic carbocycles. The highest BCUT2D eigenvalue weighted by Gasteiger charge is 2.34. The largest absolute Gasteiger partial charge is 0.327 e. The summed E-state index contributed by atoms with van der Waals surface area (Å²) in [6.45, 7) is 4.61. The van der Waals surface area contributed by atoms with Crippen LogP contribution in [0.15, 0.2) is 0 Å². The van der Waals surface area contributed by atoms with Crippen molar-refractivity contribution < 1.29 is 8.42 Å². The molecule has 2 rings (SSSR count). The number of piperidine rings is 2. The molecule has 0 spiro atoms. The molecule has 7 heteroatoms. The van der Waals surface area contributed by atoms with Gasteiger partial charge >= 0.3 is 0 Å². The smallest absolute Gasteiger partial charge is 0.282 e. The third-order valence-corrected chi connectivity index (χ3v) is 5.82. The minimum atomic E-state index is -3.25. The van der Waals surface area contributed by atoms with Crippen molar-refractivity contribution in [3.05, 3.63) is 0 Å². The molecule has 108 valence electrons. The summed E-state index contributed by atoms with van der Waals surface area (Å²) in [6, 6.07) is 0.00207. The van der Waals surface area contributed by atoms with E-state index in [9.17, 15) is 8.42 Å². The Morgan fingerprint density at radius 3 is 2.22 bits per heavy atom. The van der Waals surface area contributed by atoms with Crippen molar-refractivity contribution in [2.45, 2.75) is 38.6 Å². The van der Waals surface area contributed by atoms with E-state index < -0.39 is 10.2 Å². The molecule has 1 unspecified atom stereocenters. The van der Waals surface area contributed by atoms with Gasteiger partial charge in [-0.2, -0.15) is 17.0 Å². The van der Waals surface area contributed by atoms with Crippen molar-refractivity contribution in [1.29, 1.82) is 0 Å². The Hall–Kier alpha value is 0.120. The number of hydrogen-bond donors (Lipinski definition) is 1. The molecule has 2 saturated heterocycles. The van der Waals surface area contributed by atoms with Gasteiger partial charge in [-0.15, -0.1) is 12.4 Å². The maximum atomic E-state index is 12.4. The molecular weight excluding hydrogens is 274 g/mol. The molecule has 0 radical (unpaired) electrons. The van der Waals surface area contributed by atoms with Crippen molar-refractivity contribution in [2.24, 2.45) is 11.7 Å². The van der Waals surface area contributed by atoms with Gasteiger partial charge in [-0.3, -0.25) is 0 Å². The highest BCUT2D eigenvalue weighted by molar-refractivity contribution is 7.86. The molecule has 0 aromatic heterocycles. The molecule has 2 fully saturated rings. The SMILES string of the molecule is CC1CCN(S(=O)(=O)N2CCCC(N)C2)CC1.Cl. The van der Waals surface area contributed by atoms with Crippen molar-refractivity contribution in [3.63, 3.8) is 0 Å². The van der Waals surface area contributed by atoms with Crippen LogP contribution in [0.1, 0.15) is 32.6 Å². The topological polar surface area (TPSA) is 66.6 Å². The number of rotatable bonds is 2. The molecule has 2 N–H and O–H groups in total. The molecule has 1 atom stereocenters. The lowest BCUT2D eigenvalue weighted by Crippen LogP contribution is -2.52. The standard InChI is InChI=1S/C11H23N3O2S.ClH/c1-10-4-7-13(8-5-10)17(15,16)14-6-2-3-11(12)9-14;/h10-11H,2-9,12H2,1H3;1H.